The minimum absolute atomic E-state index is 0.0382. The van der Waals surface area contributed by atoms with E-state index in [1.165, 1.54) is 25.0 Å². The van der Waals surface area contributed by atoms with Crippen LogP contribution in [0.3, 0.4) is 0 Å². The molecule has 3 aromatic rings. The van der Waals surface area contributed by atoms with Crippen molar-refractivity contribution in [2.75, 3.05) is 20.2 Å². The van der Waals surface area contributed by atoms with E-state index in [0.29, 0.717) is 19.0 Å². The number of methoxy groups -OCH3 is 1. The van der Waals surface area contributed by atoms with Crippen LogP contribution in [0.5, 0.6) is 5.75 Å². The van der Waals surface area contributed by atoms with E-state index < -0.39 is 0 Å². The maximum atomic E-state index is 12.7. The minimum Gasteiger partial charge on any atom is -0.490 e. The van der Waals surface area contributed by atoms with Crippen molar-refractivity contribution >= 4 is 5.91 Å². The molecule has 0 spiro atoms. The number of aromatic nitrogens is 2. The Kier molecular flexibility index (Phi) is 5.20. The summed E-state index contributed by atoms with van der Waals surface area (Å²) < 4.78 is 10.2. The summed E-state index contributed by atoms with van der Waals surface area (Å²) in [4.78, 5) is 26.3. The molecule has 4 rings (SSSR count). The molecule has 1 fully saturated rings. The number of nitrogens with zero attached hydrogens (tertiary/aromatic N) is 2. The van der Waals surface area contributed by atoms with Gasteiger partial charge in [-0.15, -0.1) is 0 Å². The largest absolute Gasteiger partial charge is 0.490 e. The third kappa shape index (κ3) is 3.81. The summed E-state index contributed by atoms with van der Waals surface area (Å²) in [7, 11) is 1.39. The highest BCUT2D eigenvalue weighted by molar-refractivity contribution is 5.91. The first-order valence-electron chi connectivity index (χ1n) is 9.63. The molecule has 3 heterocycles. The average Bonchev–Trinajstić information content (AvgIpc) is 3.23. The van der Waals surface area contributed by atoms with E-state index in [9.17, 15) is 9.59 Å². The van der Waals surface area contributed by atoms with Crippen LogP contribution in [0.1, 0.15) is 40.6 Å². The number of hydrogen-bond donors (Lipinski definition) is 1. The number of H-pyrrole nitrogens is 1. The maximum absolute atomic E-state index is 12.7. The number of piperidine rings is 1. The summed E-state index contributed by atoms with van der Waals surface area (Å²) in [5.74, 6) is 0.145. The molecule has 7 nitrogen and oxygen atoms in total. The number of nitrogens with one attached hydrogen (secondary N) is 1. The highest BCUT2D eigenvalue weighted by Crippen LogP contribution is 2.34. The van der Waals surface area contributed by atoms with Gasteiger partial charge in [-0.3, -0.25) is 14.7 Å². The lowest BCUT2D eigenvalue weighted by atomic mass is 9.89. The van der Waals surface area contributed by atoms with Crippen LogP contribution in [0.2, 0.25) is 0 Å². The highest BCUT2D eigenvalue weighted by Gasteiger charge is 2.28. The molecule has 1 saturated heterocycles. The molecule has 1 aromatic carbocycles. The summed E-state index contributed by atoms with van der Waals surface area (Å²) >= 11 is 0. The van der Waals surface area contributed by atoms with Crippen molar-refractivity contribution in [1.29, 1.82) is 0 Å². The standard InChI is InChI=1S/C22H23N3O4/c1-14-4-3-5-16(10-14)17-12-23-24-21(17)15-6-8-25(9-7-15)22(27)19-11-18(26)20(28-2)13-29-19/h3-5,10-13,15H,6-9H2,1-2H3,(H,23,24). The molecule has 0 aliphatic carbocycles. The van der Waals surface area contributed by atoms with Crippen molar-refractivity contribution in [1.82, 2.24) is 15.1 Å². The summed E-state index contributed by atoms with van der Waals surface area (Å²) in [5, 5.41) is 7.43. The number of amides is 1. The van der Waals surface area contributed by atoms with Gasteiger partial charge < -0.3 is 14.1 Å². The zero-order valence-electron chi connectivity index (χ0n) is 16.5. The topological polar surface area (TPSA) is 88.4 Å². The molecule has 0 unspecified atom stereocenters. The van der Waals surface area contributed by atoms with Crippen LogP contribution in [-0.2, 0) is 0 Å². The number of aryl methyl sites for hydroxylation is 1. The summed E-state index contributed by atoms with van der Waals surface area (Å²) in [6.07, 6.45) is 4.68. The molecule has 1 amide bonds. The van der Waals surface area contributed by atoms with Gasteiger partial charge in [0.2, 0.25) is 11.2 Å². The van der Waals surface area contributed by atoms with Gasteiger partial charge in [0.1, 0.15) is 6.26 Å². The second-order valence-corrected chi connectivity index (χ2v) is 7.31. The van der Waals surface area contributed by atoms with Gasteiger partial charge in [-0.25, -0.2) is 0 Å². The van der Waals surface area contributed by atoms with Gasteiger partial charge in [-0.05, 0) is 25.3 Å². The number of rotatable bonds is 4. The Morgan fingerprint density at radius 1 is 1.28 bits per heavy atom. The van der Waals surface area contributed by atoms with Crippen molar-refractivity contribution in [2.24, 2.45) is 0 Å². The Morgan fingerprint density at radius 2 is 2.07 bits per heavy atom. The van der Waals surface area contributed by atoms with Crippen LogP contribution < -0.4 is 10.2 Å². The predicted octanol–water partition coefficient (Wildman–Crippen LogP) is 3.37. The smallest absolute Gasteiger partial charge is 0.289 e. The number of aromatic amines is 1. The third-order valence-corrected chi connectivity index (χ3v) is 5.42. The SMILES string of the molecule is COc1coc(C(=O)N2CCC(c3[nH]ncc3-c3cccc(C)c3)CC2)cc1=O. The van der Waals surface area contributed by atoms with Gasteiger partial charge in [-0.1, -0.05) is 29.8 Å². The molecular weight excluding hydrogens is 370 g/mol. The van der Waals surface area contributed by atoms with E-state index >= 15 is 0 Å². The molecule has 1 N–H and O–H groups in total. The predicted molar refractivity (Wildman–Crippen MR) is 108 cm³/mol. The number of carbonyl (C=O) groups excluding carboxylic acids is 1. The van der Waals surface area contributed by atoms with Gasteiger partial charge >= 0.3 is 0 Å². The van der Waals surface area contributed by atoms with Crippen molar-refractivity contribution < 1.29 is 13.9 Å². The van der Waals surface area contributed by atoms with E-state index in [1.807, 2.05) is 12.3 Å². The zero-order valence-corrected chi connectivity index (χ0v) is 16.5. The lowest BCUT2D eigenvalue weighted by Crippen LogP contribution is -2.38. The van der Waals surface area contributed by atoms with Crippen LogP contribution in [0.25, 0.3) is 11.1 Å². The van der Waals surface area contributed by atoms with Crippen LogP contribution in [-0.4, -0.2) is 41.2 Å². The minimum atomic E-state index is -0.364. The van der Waals surface area contributed by atoms with Gasteiger partial charge in [0.05, 0.1) is 13.3 Å². The zero-order chi connectivity index (χ0) is 20.4. The molecule has 1 aliphatic heterocycles. The average molecular weight is 393 g/mol. The molecule has 0 bridgehead atoms. The molecule has 0 atom stereocenters. The Balaban J connectivity index is 1.47. The van der Waals surface area contributed by atoms with Crippen LogP contribution in [0, 0.1) is 6.92 Å². The van der Waals surface area contributed by atoms with E-state index in [2.05, 4.69) is 35.3 Å². The van der Waals surface area contributed by atoms with E-state index in [1.54, 1.807) is 4.90 Å². The number of benzene rings is 1. The monoisotopic (exact) mass is 393 g/mol. The first kappa shape index (κ1) is 19.0. The van der Waals surface area contributed by atoms with Crippen molar-refractivity contribution in [2.45, 2.75) is 25.7 Å². The van der Waals surface area contributed by atoms with E-state index in [4.69, 9.17) is 9.15 Å². The van der Waals surface area contributed by atoms with Crippen molar-refractivity contribution in [3.8, 4) is 16.9 Å². The van der Waals surface area contributed by atoms with E-state index in [-0.39, 0.29) is 22.8 Å². The van der Waals surface area contributed by atoms with E-state index in [0.717, 1.165) is 29.7 Å². The lowest BCUT2D eigenvalue weighted by molar-refractivity contribution is 0.0676. The highest BCUT2D eigenvalue weighted by atomic mass is 16.5. The molecule has 7 heteroatoms. The molecule has 29 heavy (non-hydrogen) atoms. The Morgan fingerprint density at radius 3 is 2.76 bits per heavy atom. The number of carbonyl (C=O) groups is 1. The Labute approximate surface area is 168 Å². The number of hydrogen-bond acceptors (Lipinski definition) is 5. The fourth-order valence-corrected chi connectivity index (χ4v) is 3.84. The number of ether oxygens (including phenoxy) is 1. The molecule has 2 aromatic heterocycles. The fourth-order valence-electron chi connectivity index (χ4n) is 3.84. The van der Waals surface area contributed by atoms with Crippen molar-refractivity contribution in [3.63, 3.8) is 0 Å². The van der Waals surface area contributed by atoms with Crippen molar-refractivity contribution in [3.05, 3.63) is 70.0 Å². The number of likely N-dealkylation sites (tertiary alicyclic amines) is 1. The Bertz CT molecular complexity index is 1080. The molecular formula is C22H23N3O4. The first-order chi connectivity index (χ1) is 14.1. The van der Waals surface area contributed by atoms with Gasteiger partial charge in [-0.2, -0.15) is 5.10 Å². The molecule has 150 valence electrons. The van der Waals surface area contributed by atoms with Gasteiger partial charge in [0.25, 0.3) is 5.91 Å². The quantitative estimate of drug-likeness (QED) is 0.734. The lowest BCUT2D eigenvalue weighted by Gasteiger charge is -2.31. The fraction of sp³-hybridized carbons (Fsp3) is 0.318. The van der Waals surface area contributed by atoms with Crippen LogP contribution >= 0.6 is 0 Å². The second-order valence-electron chi connectivity index (χ2n) is 7.31. The van der Waals surface area contributed by atoms with Crippen LogP contribution in [0.15, 0.2) is 52.0 Å². The normalized spacial score (nSPS) is 14.8. The Hall–Kier alpha value is -3.35. The van der Waals surface area contributed by atoms with Gasteiger partial charge in [0.15, 0.2) is 5.76 Å². The second kappa shape index (κ2) is 7.95. The maximum Gasteiger partial charge on any atom is 0.289 e. The van der Waals surface area contributed by atoms with Gasteiger partial charge in [0, 0.05) is 36.3 Å². The summed E-state index contributed by atoms with van der Waals surface area (Å²) in [6.45, 7) is 3.25. The first-order valence-corrected chi connectivity index (χ1v) is 9.63. The third-order valence-electron chi connectivity index (χ3n) is 5.42. The van der Waals surface area contributed by atoms with Crippen LogP contribution in [0.4, 0.5) is 0 Å². The molecule has 1 aliphatic rings. The molecule has 0 radical (unpaired) electrons. The molecule has 0 saturated carbocycles. The summed E-state index contributed by atoms with van der Waals surface area (Å²) in [6, 6.07) is 9.55. The summed E-state index contributed by atoms with van der Waals surface area (Å²) in [5.41, 5.74) is 4.21.